The zero-order valence-electron chi connectivity index (χ0n) is 19.2. The van der Waals surface area contributed by atoms with Gasteiger partial charge in [-0.15, -0.1) is 0 Å². The first-order valence-corrected chi connectivity index (χ1v) is 11.6. The number of benzene rings is 3. The number of halogens is 2. The van der Waals surface area contributed by atoms with E-state index in [9.17, 15) is 9.59 Å². The molecule has 0 radical (unpaired) electrons. The summed E-state index contributed by atoms with van der Waals surface area (Å²) in [6.07, 6.45) is 1.53. The van der Waals surface area contributed by atoms with Crippen LogP contribution in [0.4, 0.5) is 0 Å². The van der Waals surface area contributed by atoms with Crippen LogP contribution in [0.5, 0.6) is 17.2 Å². The molecule has 1 N–H and O–H groups in total. The van der Waals surface area contributed by atoms with Gasteiger partial charge in [-0.3, -0.25) is 4.79 Å². The van der Waals surface area contributed by atoms with Crippen LogP contribution in [0.1, 0.15) is 36.2 Å². The van der Waals surface area contributed by atoms with Crippen LogP contribution in [0.25, 0.3) is 0 Å². The highest BCUT2D eigenvalue weighted by Crippen LogP contribution is 2.28. The predicted molar refractivity (Wildman–Crippen MR) is 136 cm³/mol. The molecule has 0 aliphatic heterocycles. The maximum atomic E-state index is 12.3. The number of hydrazone groups is 1. The summed E-state index contributed by atoms with van der Waals surface area (Å²) < 4.78 is 16.4. The molecule has 3 aromatic carbocycles. The summed E-state index contributed by atoms with van der Waals surface area (Å²) in [7, 11) is 0. The lowest BCUT2D eigenvalue weighted by molar-refractivity contribution is -0.127. The topological polar surface area (TPSA) is 86.2 Å². The first-order chi connectivity index (χ1) is 16.9. The van der Waals surface area contributed by atoms with Gasteiger partial charge >= 0.3 is 5.97 Å². The smallest absolute Gasteiger partial charge is 0.343 e. The maximum Gasteiger partial charge on any atom is 0.343 e. The van der Waals surface area contributed by atoms with Crippen LogP contribution in [0.15, 0.2) is 71.8 Å². The third-order valence-corrected chi connectivity index (χ3v) is 5.14. The second kappa shape index (κ2) is 12.8. The highest BCUT2D eigenvalue weighted by atomic mass is 35.5. The van der Waals surface area contributed by atoms with E-state index in [-0.39, 0.29) is 0 Å². The molecule has 1 atom stereocenters. The van der Waals surface area contributed by atoms with E-state index >= 15 is 0 Å². The first kappa shape index (κ1) is 26.1. The number of carbonyl (C=O) groups excluding carboxylic acids is 2. The van der Waals surface area contributed by atoms with Gasteiger partial charge in [0, 0.05) is 5.02 Å². The van der Waals surface area contributed by atoms with Crippen molar-refractivity contribution >= 4 is 41.3 Å². The average molecular weight is 515 g/mol. The van der Waals surface area contributed by atoms with Crippen LogP contribution < -0.4 is 19.6 Å². The number of esters is 1. The van der Waals surface area contributed by atoms with E-state index in [0.29, 0.717) is 45.0 Å². The van der Waals surface area contributed by atoms with Crippen LogP contribution in [-0.4, -0.2) is 30.8 Å². The SMILES string of the molecule is CCCOc1ccc(C(=O)Oc2ccc(C=NNC(=O)C(C)Oc3ccc(Cl)cc3Cl)cc2)cc1. The molecule has 182 valence electrons. The summed E-state index contributed by atoms with van der Waals surface area (Å²) in [6, 6.07) is 18.2. The Hall–Kier alpha value is -3.55. The third kappa shape index (κ3) is 8.02. The molecule has 0 fully saturated rings. The molecular weight excluding hydrogens is 491 g/mol. The molecule has 0 heterocycles. The fraction of sp³-hybridized carbons (Fsp3) is 0.192. The third-order valence-electron chi connectivity index (χ3n) is 4.61. The fourth-order valence-electron chi connectivity index (χ4n) is 2.77. The molecule has 3 rings (SSSR count). The van der Waals surface area contributed by atoms with Gasteiger partial charge in [0.15, 0.2) is 6.10 Å². The van der Waals surface area contributed by atoms with E-state index < -0.39 is 18.0 Å². The molecule has 0 spiro atoms. The standard InChI is InChI=1S/C26H24Cl2N2O5/c1-3-14-33-21-11-6-19(7-12-21)26(32)35-22-9-4-18(5-10-22)16-29-30-25(31)17(2)34-24-13-8-20(27)15-23(24)28/h4-13,15-17H,3,14H2,1-2H3,(H,30,31). The number of nitrogens with zero attached hydrogens (tertiary/aromatic N) is 1. The average Bonchev–Trinajstić information content (AvgIpc) is 2.85. The summed E-state index contributed by atoms with van der Waals surface area (Å²) >= 11 is 11.9. The number of carbonyl (C=O) groups is 2. The minimum atomic E-state index is -0.833. The quantitative estimate of drug-likeness (QED) is 0.157. The van der Waals surface area contributed by atoms with E-state index in [1.54, 1.807) is 67.6 Å². The van der Waals surface area contributed by atoms with Gasteiger partial charge in [0.2, 0.25) is 0 Å². The first-order valence-electron chi connectivity index (χ1n) is 10.9. The predicted octanol–water partition coefficient (Wildman–Crippen LogP) is 5.92. The van der Waals surface area contributed by atoms with Gasteiger partial charge in [-0.05, 0) is 85.6 Å². The highest BCUT2D eigenvalue weighted by Gasteiger charge is 2.15. The molecule has 0 aliphatic rings. The second-order valence-electron chi connectivity index (χ2n) is 7.40. The zero-order chi connectivity index (χ0) is 25.2. The molecule has 0 bridgehead atoms. The molecule has 7 nitrogen and oxygen atoms in total. The largest absolute Gasteiger partial charge is 0.494 e. The Bertz CT molecular complexity index is 1180. The molecule has 0 saturated heterocycles. The van der Waals surface area contributed by atoms with Crippen molar-refractivity contribution in [3.8, 4) is 17.2 Å². The van der Waals surface area contributed by atoms with Gasteiger partial charge in [0.05, 0.1) is 23.4 Å². The Labute approximate surface area is 213 Å². The van der Waals surface area contributed by atoms with Crippen molar-refractivity contribution in [2.45, 2.75) is 26.4 Å². The Morgan fingerprint density at radius 3 is 2.34 bits per heavy atom. The van der Waals surface area contributed by atoms with Crippen molar-refractivity contribution < 1.29 is 23.8 Å². The zero-order valence-corrected chi connectivity index (χ0v) is 20.7. The molecule has 0 saturated carbocycles. The van der Waals surface area contributed by atoms with E-state index in [0.717, 1.165) is 6.42 Å². The van der Waals surface area contributed by atoms with E-state index in [1.807, 2.05) is 6.92 Å². The number of nitrogens with one attached hydrogen (secondary N) is 1. The molecule has 0 aliphatic carbocycles. The van der Waals surface area contributed by atoms with Crippen LogP contribution in [0.2, 0.25) is 10.0 Å². The van der Waals surface area contributed by atoms with Crippen molar-refractivity contribution in [2.75, 3.05) is 6.61 Å². The van der Waals surface area contributed by atoms with Crippen molar-refractivity contribution in [3.63, 3.8) is 0 Å². The molecule has 1 unspecified atom stereocenters. The summed E-state index contributed by atoms with van der Waals surface area (Å²) in [5, 5.41) is 4.70. The maximum absolute atomic E-state index is 12.3. The second-order valence-corrected chi connectivity index (χ2v) is 8.24. The number of amides is 1. The molecule has 0 aromatic heterocycles. The van der Waals surface area contributed by atoms with Crippen LogP contribution in [0, 0.1) is 0 Å². The van der Waals surface area contributed by atoms with Gasteiger partial charge < -0.3 is 14.2 Å². The van der Waals surface area contributed by atoms with Crippen molar-refractivity contribution in [1.82, 2.24) is 5.43 Å². The molecule has 35 heavy (non-hydrogen) atoms. The van der Waals surface area contributed by atoms with E-state index in [2.05, 4.69) is 10.5 Å². The van der Waals surface area contributed by atoms with Gasteiger partial charge in [0.1, 0.15) is 17.2 Å². The van der Waals surface area contributed by atoms with Gasteiger partial charge in [-0.2, -0.15) is 5.10 Å². The van der Waals surface area contributed by atoms with E-state index in [1.165, 1.54) is 12.3 Å². The molecule has 3 aromatic rings. The van der Waals surface area contributed by atoms with Crippen molar-refractivity contribution in [1.29, 1.82) is 0 Å². The number of hydrogen-bond donors (Lipinski definition) is 1. The fourth-order valence-corrected chi connectivity index (χ4v) is 3.22. The summed E-state index contributed by atoms with van der Waals surface area (Å²) in [4.78, 5) is 24.6. The lowest BCUT2D eigenvalue weighted by atomic mass is 10.2. The van der Waals surface area contributed by atoms with Crippen molar-refractivity contribution in [2.24, 2.45) is 5.10 Å². The number of ether oxygens (including phenoxy) is 3. The monoisotopic (exact) mass is 514 g/mol. The lowest BCUT2D eigenvalue weighted by Gasteiger charge is -2.14. The summed E-state index contributed by atoms with van der Waals surface area (Å²) in [6.45, 7) is 4.22. The Morgan fingerprint density at radius 2 is 1.69 bits per heavy atom. The van der Waals surface area contributed by atoms with Gasteiger partial charge in [-0.25, -0.2) is 10.2 Å². The molecule has 1 amide bonds. The highest BCUT2D eigenvalue weighted by molar-refractivity contribution is 6.35. The number of rotatable bonds is 10. The van der Waals surface area contributed by atoms with Gasteiger partial charge in [-0.1, -0.05) is 30.1 Å². The Kier molecular flexibility index (Phi) is 9.52. The lowest BCUT2D eigenvalue weighted by Crippen LogP contribution is -2.33. The van der Waals surface area contributed by atoms with E-state index in [4.69, 9.17) is 37.4 Å². The normalized spacial score (nSPS) is 11.7. The van der Waals surface area contributed by atoms with Crippen LogP contribution in [0.3, 0.4) is 0 Å². The van der Waals surface area contributed by atoms with Crippen LogP contribution >= 0.6 is 23.2 Å². The Balaban J connectivity index is 1.49. The van der Waals surface area contributed by atoms with Gasteiger partial charge in [0.25, 0.3) is 5.91 Å². The van der Waals surface area contributed by atoms with Crippen LogP contribution in [-0.2, 0) is 4.79 Å². The van der Waals surface area contributed by atoms with Crippen molar-refractivity contribution in [3.05, 3.63) is 87.9 Å². The minimum Gasteiger partial charge on any atom is -0.494 e. The molecular formula is C26H24Cl2N2O5. The Morgan fingerprint density at radius 1 is 1.00 bits per heavy atom. The molecule has 9 heteroatoms. The number of hydrogen-bond acceptors (Lipinski definition) is 6. The summed E-state index contributed by atoms with van der Waals surface area (Å²) in [5.41, 5.74) is 3.52. The summed E-state index contributed by atoms with van der Waals surface area (Å²) in [5.74, 6) is 0.492. The minimum absolute atomic E-state index is 0.305.